The summed E-state index contributed by atoms with van der Waals surface area (Å²) in [6.45, 7) is 0.665. The number of benzene rings is 1. The van der Waals surface area contributed by atoms with Crippen LogP contribution in [-0.4, -0.2) is 25.7 Å². The predicted octanol–water partition coefficient (Wildman–Crippen LogP) is 2.02. The number of thioether (sulfide) groups is 1. The lowest BCUT2D eigenvalue weighted by molar-refractivity contribution is 0.341. The number of nitrogens with two attached hydrogens (primary N) is 1. The summed E-state index contributed by atoms with van der Waals surface area (Å²) >= 11 is 1.74. The monoisotopic (exact) mass is 213 g/mol. The molecule has 0 aromatic heterocycles. The van der Waals surface area contributed by atoms with E-state index >= 15 is 0 Å². The summed E-state index contributed by atoms with van der Waals surface area (Å²) < 4.78 is 10.6. The summed E-state index contributed by atoms with van der Waals surface area (Å²) in [6.07, 6.45) is 2.04. The smallest absolute Gasteiger partial charge is 0.145 e. The molecular formula is C10H15NO2S. The number of nitrogen functional groups attached to an aromatic ring is 1. The van der Waals surface area contributed by atoms with Crippen LogP contribution in [0.5, 0.6) is 11.5 Å². The van der Waals surface area contributed by atoms with Crippen LogP contribution in [0.2, 0.25) is 0 Å². The molecule has 14 heavy (non-hydrogen) atoms. The Morgan fingerprint density at radius 2 is 2.21 bits per heavy atom. The summed E-state index contributed by atoms with van der Waals surface area (Å²) in [5.41, 5.74) is 6.38. The van der Waals surface area contributed by atoms with Crippen molar-refractivity contribution in [3.8, 4) is 11.5 Å². The van der Waals surface area contributed by atoms with Crippen molar-refractivity contribution in [1.29, 1.82) is 0 Å². The van der Waals surface area contributed by atoms with Crippen LogP contribution in [0.1, 0.15) is 0 Å². The Morgan fingerprint density at radius 3 is 2.86 bits per heavy atom. The molecule has 78 valence electrons. The van der Waals surface area contributed by atoms with Crippen LogP contribution in [-0.2, 0) is 0 Å². The molecule has 1 aromatic rings. The van der Waals surface area contributed by atoms with Gasteiger partial charge in [0.15, 0.2) is 0 Å². The Balaban J connectivity index is 2.64. The summed E-state index contributed by atoms with van der Waals surface area (Å²) in [7, 11) is 1.62. The third-order valence-electron chi connectivity index (χ3n) is 1.77. The average molecular weight is 213 g/mol. The fourth-order valence-corrected chi connectivity index (χ4v) is 1.25. The molecule has 0 spiro atoms. The fourth-order valence-electron chi connectivity index (χ4n) is 1.00. The van der Waals surface area contributed by atoms with E-state index in [-0.39, 0.29) is 0 Å². The number of hydrogen-bond acceptors (Lipinski definition) is 4. The molecule has 0 fully saturated rings. The minimum absolute atomic E-state index is 0.645. The summed E-state index contributed by atoms with van der Waals surface area (Å²) in [5.74, 6) is 2.41. The zero-order chi connectivity index (χ0) is 10.4. The van der Waals surface area contributed by atoms with Gasteiger partial charge >= 0.3 is 0 Å². The van der Waals surface area contributed by atoms with Crippen LogP contribution in [0, 0.1) is 0 Å². The van der Waals surface area contributed by atoms with E-state index in [2.05, 4.69) is 0 Å². The molecular weight excluding hydrogens is 198 g/mol. The lowest BCUT2D eigenvalue weighted by Crippen LogP contribution is -2.02. The van der Waals surface area contributed by atoms with E-state index < -0.39 is 0 Å². The van der Waals surface area contributed by atoms with Crippen molar-refractivity contribution in [2.45, 2.75) is 0 Å². The highest BCUT2D eigenvalue weighted by atomic mass is 32.2. The van der Waals surface area contributed by atoms with Gasteiger partial charge in [0.2, 0.25) is 0 Å². The first-order chi connectivity index (χ1) is 6.77. The van der Waals surface area contributed by atoms with Gasteiger partial charge in [-0.1, -0.05) is 0 Å². The highest BCUT2D eigenvalue weighted by Gasteiger charge is 2.01. The first-order valence-electron chi connectivity index (χ1n) is 4.33. The molecule has 0 saturated carbocycles. The van der Waals surface area contributed by atoms with E-state index in [0.29, 0.717) is 18.0 Å². The molecule has 0 aliphatic carbocycles. The van der Waals surface area contributed by atoms with Gasteiger partial charge in [0.05, 0.1) is 19.4 Å². The first-order valence-corrected chi connectivity index (χ1v) is 5.72. The minimum Gasteiger partial charge on any atom is -0.497 e. The largest absolute Gasteiger partial charge is 0.497 e. The number of ether oxygens (including phenoxy) is 2. The summed E-state index contributed by atoms with van der Waals surface area (Å²) in [6, 6.07) is 5.40. The van der Waals surface area contributed by atoms with Gasteiger partial charge in [0, 0.05) is 11.8 Å². The van der Waals surface area contributed by atoms with E-state index in [0.717, 1.165) is 11.5 Å². The molecule has 3 nitrogen and oxygen atoms in total. The Kier molecular flexibility index (Phi) is 4.46. The van der Waals surface area contributed by atoms with Gasteiger partial charge in [-0.3, -0.25) is 0 Å². The maximum absolute atomic E-state index is 5.74. The van der Waals surface area contributed by atoms with E-state index in [9.17, 15) is 0 Å². The Labute approximate surface area is 88.6 Å². The molecule has 1 aromatic carbocycles. The number of anilines is 1. The van der Waals surface area contributed by atoms with Crippen molar-refractivity contribution in [3.63, 3.8) is 0 Å². The average Bonchev–Trinajstić information content (AvgIpc) is 2.21. The molecule has 0 radical (unpaired) electrons. The van der Waals surface area contributed by atoms with Crippen LogP contribution < -0.4 is 15.2 Å². The van der Waals surface area contributed by atoms with Gasteiger partial charge in [-0.25, -0.2) is 0 Å². The van der Waals surface area contributed by atoms with Gasteiger partial charge in [0.1, 0.15) is 11.5 Å². The van der Waals surface area contributed by atoms with Crippen molar-refractivity contribution in [2.75, 3.05) is 31.5 Å². The Morgan fingerprint density at radius 1 is 1.43 bits per heavy atom. The molecule has 0 saturated heterocycles. The third kappa shape index (κ3) is 3.03. The maximum atomic E-state index is 5.74. The van der Waals surface area contributed by atoms with Crippen molar-refractivity contribution in [2.24, 2.45) is 0 Å². The molecule has 0 bridgehead atoms. The van der Waals surface area contributed by atoms with Crippen LogP contribution in [0.25, 0.3) is 0 Å². The Bertz CT molecular complexity index is 291. The van der Waals surface area contributed by atoms with Gasteiger partial charge < -0.3 is 15.2 Å². The molecule has 4 heteroatoms. The normalized spacial score (nSPS) is 9.86. The molecule has 0 aliphatic rings. The Hall–Kier alpha value is -1.03. The number of methoxy groups -OCH3 is 1. The van der Waals surface area contributed by atoms with E-state index in [1.165, 1.54) is 0 Å². The molecule has 2 N–H and O–H groups in total. The highest BCUT2D eigenvalue weighted by Crippen LogP contribution is 2.26. The highest BCUT2D eigenvalue weighted by molar-refractivity contribution is 7.98. The van der Waals surface area contributed by atoms with E-state index in [4.69, 9.17) is 15.2 Å². The van der Waals surface area contributed by atoms with Crippen LogP contribution in [0.3, 0.4) is 0 Å². The zero-order valence-electron chi connectivity index (χ0n) is 8.45. The fraction of sp³-hybridized carbons (Fsp3) is 0.400. The molecule has 0 amide bonds. The van der Waals surface area contributed by atoms with Gasteiger partial charge in [-0.05, 0) is 18.4 Å². The van der Waals surface area contributed by atoms with Crippen molar-refractivity contribution in [1.82, 2.24) is 0 Å². The zero-order valence-corrected chi connectivity index (χ0v) is 9.26. The standard InChI is InChI=1S/C10H15NO2S/c1-12-8-3-4-9(11)10(7-8)13-5-6-14-2/h3-4,7H,5-6,11H2,1-2H3. The van der Waals surface area contributed by atoms with E-state index in [1.807, 2.05) is 12.3 Å². The number of hydrogen-bond donors (Lipinski definition) is 1. The lowest BCUT2D eigenvalue weighted by atomic mass is 10.3. The number of rotatable bonds is 5. The lowest BCUT2D eigenvalue weighted by Gasteiger charge is -2.09. The predicted molar refractivity (Wildman–Crippen MR) is 61.3 cm³/mol. The van der Waals surface area contributed by atoms with Gasteiger partial charge in [-0.15, -0.1) is 0 Å². The third-order valence-corrected chi connectivity index (χ3v) is 2.34. The molecule has 0 unspecified atom stereocenters. The quantitative estimate of drug-likeness (QED) is 0.600. The molecule has 1 rings (SSSR count). The summed E-state index contributed by atoms with van der Waals surface area (Å²) in [5, 5.41) is 0. The second-order valence-electron chi connectivity index (χ2n) is 2.75. The van der Waals surface area contributed by atoms with Crippen molar-refractivity contribution >= 4 is 17.4 Å². The second kappa shape index (κ2) is 5.65. The second-order valence-corrected chi connectivity index (χ2v) is 3.73. The van der Waals surface area contributed by atoms with Crippen LogP contribution >= 0.6 is 11.8 Å². The van der Waals surface area contributed by atoms with Crippen molar-refractivity contribution in [3.05, 3.63) is 18.2 Å². The van der Waals surface area contributed by atoms with Crippen LogP contribution in [0.15, 0.2) is 18.2 Å². The molecule has 0 atom stereocenters. The van der Waals surface area contributed by atoms with Crippen LogP contribution in [0.4, 0.5) is 5.69 Å². The minimum atomic E-state index is 0.645. The molecule has 0 aliphatic heterocycles. The first kappa shape index (κ1) is 11.0. The van der Waals surface area contributed by atoms with Crippen molar-refractivity contribution < 1.29 is 9.47 Å². The SMILES string of the molecule is COc1ccc(N)c(OCCSC)c1. The van der Waals surface area contributed by atoms with Gasteiger partial charge in [-0.2, -0.15) is 11.8 Å². The maximum Gasteiger partial charge on any atom is 0.145 e. The van der Waals surface area contributed by atoms with E-state index in [1.54, 1.807) is 31.0 Å². The molecule has 0 heterocycles. The summed E-state index contributed by atoms with van der Waals surface area (Å²) in [4.78, 5) is 0. The topological polar surface area (TPSA) is 44.5 Å². The van der Waals surface area contributed by atoms with Gasteiger partial charge in [0.25, 0.3) is 0 Å².